The Bertz CT molecular complexity index is 1100. The molecule has 3 rings (SSSR count). The van der Waals surface area contributed by atoms with E-state index < -0.39 is 0 Å². The van der Waals surface area contributed by atoms with Crippen LogP contribution in [0, 0.1) is 6.92 Å². The van der Waals surface area contributed by atoms with Gasteiger partial charge in [0.2, 0.25) is 0 Å². The van der Waals surface area contributed by atoms with Crippen LogP contribution in [0.3, 0.4) is 0 Å². The molecule has 0 saturated carbocycles. The van der Waals surface area contributed by atoms with E-state index in [-0.39, 0.29) is 11.8 Å². The molecule has 1 heterocycles. The molecule has 0 aliphatic heterocycles. The molecule has 31 heavy (non-hydrogen) atoms. The van der Waals surface area contributed by atoms with Gasteiger partial charge in [-0.2, -0.15) is 5.10 Å². The second kappa shape index (κ2) is 10.1. The minimum absolute atomic E-state index is 0.303. The van der Waals surface area contributed by atoms with E-state index in [9.17, 15) is 9.59 Å². The number of benzene rings is 2. The van der Waals surface area contributed by atoms with E-state index in [0.29, 0.717) is 58.5 Å². The van der Waals surface area contributed by atoms with Crippen molar-refractivity contribution >= 4 is 29.1 Å². The van der Waals surface area contributed by atoms with Crippen LogP contribution < -0.4 is 21.1 Å². The number of methoxy groups -OCH3 is 1. The van der Waals surface area contributed by atoms with Gasteiger partial charge in [-0.15, -0.1) is 0 Å². The lowest BCUT2D eigenvalue weighted by atomic mass is 10.1. The van der Waals surface area contributed by atoms with Crippen molar-refractivity contribution in [2.75, 3.05) is 25.5 Å². The Morgan fingerprint density at radius 3 is 2.71 bits per heavy atom. The average Bonchev–Trinajstić information content (AvgIpc) is 3.15. The summed E-state index contributed by atoms with van der Waals surface area (Å²) in [6.07, 6.45) is 0.665. The number of nitrogens with two attached hydrogens (primary N) is 1. The number of carbonyl (C=O) groups is 2. The highest BCUT2D eigenvalue weighted by Gasteiger charge is 2.19. The molecule has 0 fully saturated rings. The summed E-state index contributed by atoms with van der Waals surface area (Å²) in [5, 5.41) is 13.2. The number of hydrogen-bond donors (Lipinski definition) is 4. The first-order chi connectivity index (χ1) is 14.9. The summed E-state index contributed by atoms with van der Waals surface area (Å²) >= 11 is 6.06. The molecule has 0 aliphatic carbocycles. The predicted octanol–water partition coefficient (Wildman–Crippen LogP) is 3.38. The first-order valence-electron chi connectivity index (χ1n) is 9.73. The Balaban J connectivity index is 1.80. The van der Waals surface area contributed by atoms with Crippen LogP contribution in [-0.2, 0) is 0 Å². The van der Waals surface area contributed by atoms with Gasteiger partial charge in [0.15, 0.2) is 0 Å². The fourth-order valence-corrected chi connectivity index (χ4v) is 3.28. The minimum atomic E-state index is -0.377. The van der Waals surface area contributed by atoms with Crippen molar-refractivity contribution in [1.29, 1.82) is 0 Å². The van der Waals surface area contributed by atoms with Crippen LogP contribution >= 0.6 is 11.6 Å². The van der Waals surface area contributed by atoms with Crippen LogP contribution in [0.15, 0.2) is 42.5 Å². The molecule has 0 aliphatic rings. The Morgan fingerprint density at radius 1 is 1.19 bits per heavy atom. The number of rotatable bonds is 8. The maximum absolute atomic E-state index is 12.8. The molecule has 0 unspecified atom stereocenters. The first-order valence-corrected chi connectivity index (χ1v) is 10.1. The number of nitrogens with zero attached hydrogens (tertiary/aromatic N) is 1. The van der Waals surface area contributed by atoms with Gasteiger partial charge in [0.25, 0.3) is 11.8 Å². The third kappa shape index (κ3) is 5.22. The quantitative estimate of drug-likeness (QED) is 0.399. The molecule has 0 bridgehead atoms. The number of hydrogen-bond acceptors (Lipinski definition) is 5. The molecular weight excluding hydrogens is 418 g/mol. The number of aromatic nitrogens is 2. The lowest BCUT2D eigenvalue weighted by molar-refractivity contribution is 0.0949. The number of halogens is 1. The van der Waals surface area contributed by atoms with E-state index in [1.807, 2.05) is 12.1 Å². The molecule has 0 saturated heterocycles. The van der Waals surface area contributed by atoms with Gasteiger partial charge >= 0.3 is 0 Å². The summed E-state index contributed by atoms with van der Waals surface area (Å²) < 4.78 is 5.27. The van der Waals surface area contributed by atoms with Crippen LogP contribution in [0.2, 0.25) is 5.02 Å². The summed E-state index contributed by atoms with van der Waals surface area (Å²) in [5.41, 5.74) is 8.69. The molecule has 3 aromatic rings. The Hall–Kier alpha value is -3.36. The van der Waals surface area contributed by atoms with Crippen LogP contribution in [0.1, 0.15) is 32.8 Å². The SMILES string of the molecule is COc1ccc(NC(=O)c2[nH]nc(-c3cccc(Cl)c3)c2C)cc1C(=O)NCCCN. The fourth-order valence-electron chi connectivity index (χ4n) is 3.09. The van der Waals surface area contributed by atoms with Crippen molar-refractivity contribution in [3.8, 4) is 17.0 Å². The molecule has 1 aromatic heterocycles. The average molecular weight is 442 g/mol. The zero-order valence-corrected chi connectivity index (χ0v) is 18.0. The zero-order chi connectivity index (χ0) is 22.4. The van der Waals surface area contributed by atoms with E-state index in [1.165, 1.54) is 7.11 Å². The van der Waals surface area contributed by atoms with E-state index in [0.717, 1.165) is 5.56 Å². The smallest absolute Gasteiger partial charge is 0.273 e. The molecule has 5 N–H and O–H groups in total. The van der Waals surface area contributed by atoms with Crippen LogP contribution in [0.4, 0.5) is 5.69 Å². The third-order valence-corrected chi connectivity index (χ3v) is 4.94. The summed E-state index contributed by atoms with van der Waals surface area (Å²) in [6, 6.07) is 12.1. The molecular formula is C22H24ClN5O3. The monoisotopic (exact) mass is 441 g/mol. The topological polar surface area (TPSA) is 122 Å². The summed E-state index contributed by atoms with van der Waals surface area (Å²) in [4.78, 5) is 25.3. The highest BCUT2D eigenvalue weighted by atomic mass is 35.5. The summed E-state index contributed by atoms with van der Waals surface area (Å²) in [5.74, 6) is -0.274. The molecule has 162 valence electrons. The highest BCUT2D eigenvalue weighted by molar-refractivity contribution is 6.30. The number of anilines is 1. The largest absolute Gasteiger partial charge is 0.496 e. The van der Waals surface area contributed by atoms with Crippen molar-refractivity contribution < 1.29 is 14.3 Å². The number of carbonyl (C=O) groups excluding carboxylic acids is 2. The maximum atomic E-state index is 12.8. The van der Waals surface area contributed by atoms with Gasteiger partial charge in [-0.3, -0.25) is 14.7 Å². The van der Waals surface area contributed by atoms with Gasteiger partial charge in [-0.25, -0.2) is 0 Å². The van der Waals surface area contributed by atoms with Crippen molar-refractivity contribution in [2.45, 2.75) is 13.3 Å². The van der Waals surface area contributed by atoms with E-state index in [4.69, 9.17) is 22.1 Å². The second-order valence-electron chi connectivity index (χ2n) is 6.85. The third-order valence-electron chi connectivity index (χ3n) is 4.70. The van der Waals surface area contributed by atoms with E-state index >= 15 is 0 Å². The molecule has 2 aromatic carbocycles. The number of aromatic amines is 1. The van der Waals surface area contributed by atoms with Gasteiger partial charge in [0, 0.05) is 28.4 Å². The van der Waals surface area contributed by atoms with E-state index in [1.54, 1.807) is 37.3 Å². The maximum Gasteiger partial charge on any atom is 0.273 e. The van der Waals surface area contributed by atoms with Crippen LogP contribution in [-0.4, -0.2) is 42.2 Å². The zero-order valence-electron chi connectivity index (χ0n) is 17.3. The van der Waals surface area contributed by atoms with Gasteiger partial charge in [-0.05, 0) is 50.2 Å². The van der Waals surface area contributed by atoms with Gasteiger partial charge in [0.05, 0.1) is 18.4 Å². The molecule has 8 nitrogen and oxygen atoms in total. The fraction of sp³-hybridized carbons (Fsp3) is 0.227. The van der Waals surface area contributed by atoms with Crippen molar-refractivity contribution in [2.24, 2.45) is 5.73 Å². The van der Waals surface area contributed by atoms with Crippen molar-refractivity contribution in [1.82, 2.24) is 15.5 Å². The first kappa shape index (κ1) is 22.3. The predicted molar refractivity (Wildman–Crippen MR) is 121 cm³/mol. The van der Waals surface area contributed by atoms with Crippen molar-refractivity contribution in [3.63, 3.8) is 0 Å². The van der Waals surface area contributed by atoms with Gasteiger partial charge in [-0.1, -0.05) is 23.7 Å². The lowest BCUT2D eigenvalue weighted by Crippen LogP contribution is -2.26. The summed E-state index contributed by atoms with van der Waals surface area (Å²) in [7, 11) is 1.48. The molecule has 0 atom stereocenters. The molecule has 9 heteroatoms. The molecule has 2 amide bonds. The normalized spacial score (nSPS) is 10.6. The Kier molecular flexibility index (Phi) is 7.28. The molecule has 0 spiro atoms. The Labute approximate surface area is 185 Å². The van der Waals surface area contributed by atoms with Crippen LogP contribution in [0.25, 0.3) is 11.3 Å². The van der Waals surface area contributed by atoms with E-state index in [2.05, 4.69) is 20.8 Å². The second-order valence-corrected chi connectivity index (χ2v) is 7.29. The van der Waals surface area contributed by atoms with Crippen LogP contribution in [0.5, 0.6) is 5.75 Å². The molecule has 0 radical (unpaired) electrons. The van der Waals surface area contributed by atoms with Gasteiger partial charge < -0.3 is 21.1 Å². The number of ether oxygens (including phenoxy) is 1. The standard InChI is InChI=1S/C22H24ClN5O3/c1-13-19(14-5-3-6-15(23)11-14)27-28-20(13)22(30)26-16-7-8-18(31-2)17(12-16)21(29)25-10-4-9-24/h3,5-8,11-12H,4,9-10,24H2,1-2H3,(H,25,29)(H,26,30)(H,27,28). The summed E-state index contributed by atoms with van der Waals surface area (Å²) in [6.45, 7) is 2.74. The highest BCUT2D eigenvalue weighted by Crippen LogP contribution is 2.27. The van der Waals surface area contributed by atoms with Gasteiger partial charge in [0.1, 0.15) is 11.4 Å². The lowest BCUT2D eigenvalue weighted by Gasteiger charge is -2.12. The number of nitrogens with one attached hydrogen (secondary N) is 3. The van der Waals surface area contributed by atoms with Crippen molar-refractivity contribution in [3.05, 3.63) is 64.3 Å². The number of amides is 2. The Morgan fingerprint density at radius 2 is 2.00 bits per heavy atom. The minimum Gasteiger partial charge on any atom is -0.496 e. The number of H-pyrrole nitrogens is 1.